The van der Waals surface area contributed by atoms with Crippen LogP contribution < -0.4 is 16.0 Å². The minimum Gasteiger partial charge on any atom is -0.469 e. The zero-order chi connectivity index (χ0) is 14.7. The number of nitrogens with two attached hydrogens (primary N) is 1. The van der Waals surface area contributed by atoms with Crippen LogP contribution in [0.5, 0.6) is 5.88 Å². The van der Waals surface area contributed by atoms with Crippen LogP contribution in [0.4, 0.5) is 11.5 Å². The van der Waals surface area contributed by atoms with Gasteiger partial charge in [0.15, 0.2) is 0 Å². The molecule has 1 heterocycles. The van der Waals surface area contributed by atoms with Crippen molar-refractivity contribution in [1.29, 1.82) is 0 Å². The van der Waals surface area contributed by atoms with Crippen molar-refractivity contribution >= 4 is 11.5 Å². The number of rotatable bonds is 4. The fourth-order valence-electron chi connectivity index (χ4n) is 2.50. The van der Waals surface area contributed by atoms with E-state index in [9.17, 15) is 10.1 Å². The number of ether oxygens (including phenoxy) is 1. The quantitative estimate of drug-likeness (QED) is 0.499. The smallest absolute Gasteiger partial charge is 0.331 e. The monoisotopic (exact) mass is 280 g/mol. The molecule has 0 aromatic carbocycles. The first kappa shape index (κ1) is 14.5. The topological polar surface area (TPSA) is 103 Å². The number of anilines is 1. The normalized spacial score (nSPS) is 26.1. The Labute approximate surface area is 117 Å². The Morgan fingerprint density at radius 1 is 1.40 bits per heavy atom. The van der Waals surface area contributed by atoms with Crippen molar-refractivity contribution in [3.63, 3.8) is 0 Å². The highest BCUT2D eigenvalue weighted by molar-refractivity contribution is 5.48. The molecule has 0 radical (unpaired) electrons. The molecule has 3 unspecified atom stereocenters. The van der Waals surface area contributed by atoms with Gasteiger partial charge in [-0.15, -0.1) is 0 Å². The molecule has 1 saturated carbocycles. The Kier molecular flexibility index (Phi) is 4.39. The van der Waals surface area contributed by atoms with Gasteiger partial charge in [0.1, 0.15) is 11.9 Å². The number of nitrogens with one attached hydrogen (secondary N) is 1. The zero-order valence-electron chi connectivity index (χ0n) is 11.7. The van der Waals surface area contributed by atoms with Gasteiger partial charge in [-0.05, 0) is 37.2 Å². The minimum atomic E-state index is -0.489. The predicted molar refractivity (Wildman–Crippen MR) is 75.3 cm³/mol. The van der Waals surface area contributed by atoms with Crippen molar-refractivity contribution in [2.75, 3.05) is 5.43 Å². The molecule has 1 aliphatic rings. The first-order valence-corrected chi connectivity index (χ1v) is 6.80. The summed E-state index contributed by atoms with van der Waals surface area (Å²) in [5, 5.41) is 11.0. The maximum atomic E-state index is 11.0. The molecule has 2 rings (SSSR count). The molecule has 7 nitrogen and oxygen atoms in total. The average molecular weight is 280 g/mol. The minimum absolute atomic E-state index is 0.0274. The molecule has 3 N–H and O–H groups in total. The van der Waals surface area contributed by atoms with Crippen molar-refractivity contribution in [3.8, 4) is 5.88 Å². The van der Waals surface area contributed by atoms with Crippen LogP contribution in [0.1, 0.15) is 33.1 Å². The lowest BCUT2D eigenvalue weighted by atomic mass is 9.80. The second-order valence-electron chi connectivity index (χ2n) is 5.43. The largest absolute Gasteiger partial charge is 0.469 e. The van der Waals surface area contributed by atoms with Gasteiger partial charge in [0.2, 0.25) is 0 Å². The van der Waals surface area contributed by atoms with Gasteiger partial charge in [-0.3, -0.25) is 10.1 Å². The Bertz CT molecular complexity index is 495. The molecule has 1 fully saturated rings. The van der Waals surface area contributed by atoms with Crippen LogP contribution >= 0.6 is 0 Å². The zero-order valence-corrected chi connectivity index (χ0v) is 11.7. The van der Waals surface area contributed by atoms with Crippen LogP contribution in [0.2, 0.25) is 0 Å². The van der Waals surface area contributed by atoms with Crippen LogP contribution in [-0.2, 0) is 0 Å². The number of pyridine rings is 1. The molecule has 1 aromatic rings. The van der Waals surface area contributed by atoms with Gasteiger partial charge >= 0.3 is 5.69 Å². The maximum Gasteiger partial charge on any atom is 0.331 e. The second-order valence-corrected chi connectivity index (χ2v) is 5.43. The fourth-order valence-corrected chi connectivity index (χ4v) is 2.50. The molecular formula is C13H20N4O3. The van der Waals surface area contributed by atoms with Gasteiger partial charge in [-0.25, -0.2) is 5.84 Å². The molecule has 110 valence electrons. The lowest BCUT2D eigenvalue weighted by Crippen LogP contribution is -2.29. The number of nitro groups is 1. The Morgan fingerprint density at radius 2 is 2.15 bits per heavy atom. The number of nitrogens with zero attached hydrogens (tertiary/aromatic N) is 2. The van der Waals surface area contributed by atoms with Crippen molar-refractivity contribution < 1.29 is 9.66 Å². The number of hydrazine groups is 1. The molecule has 0 bridgehead atoms. The molecule has 1 aromatic heterocycles. The van der Waals surface area contributed by atoms with E-state index >= 15 is 0 Å². The summed E-state index contributed by atoms with van der Waals surface area (Å²) in [5.74, 6) is 6.88. The summed E-state index contributed by atoms with van der Waals surface area (Å²) in [7, 11) is 0. The lowest BCUT2D eigenvalue weighted by Gasteiger charge is -2.31. The molecule has 3 atom stereocenters. The van der Waals surface area contributed by atoms with E-state index in [0.717, 1.165) is 19.3 Å². The van der Waals surface area contributed by atoms with Gasteiger partial charge in [0, 0.05) is 6.07 Å². The van der Waals surface area contributed by atoms with E-state index in [-0.39, 0.29) is 17.7 Å². The maximum absolute atomic E-state index is 11.0. The highest BCUT2D eigenvalue weighted by atomic mass is 16.6. The predicted octanol–water partition coefficient (Wildman–Crippen LogP) is 2.48. The Morgan fingerprint density at radius 3 is 2.75 bits per heavy atom. The lowest BCUT2D eigenvalue weighted by molar-refractivity contribution is -0.386. The van der Waals surface area contributed by atoms with Crippen molar-refractivity contribution in [1.82, 2.24) is 4.98 Å². The number of nitrogen functional groups attached to an aromatic ring is 1. The highest BCUT2D eigenvalue weighted by Gasteiger charge is 2.28. The summed E-state index contributed by atoms with van der Waals surface area (Å²) >= 11 is 0. The molecule has 20 heavy (non-hydrogen) atoms. The third kappa shape index (κ3) is 3.16. The van der Waals surface area contributed by atoms with Gasteiger partial charge in [0.25, 0.3) is 5.88 Å². The average Bonchev–Trinajstić information content (AvgIpc) is 2.42. The molecule has 0 amide bonds. The third-order valence-electron chi connectivity index (χ3n) is 4.01. The van der Waals surface area contributed by atoms with Gasteiger partial charge in [0.05, 0.1) is 4.92 Å². The van der Waals surface area contributed by atoms with Gasteiger partial charge in [-0.2, -0.15) is 4.98 Å². The first-order valence-electron chi connectivity index (χ1n) is 6.80. The van der Waals surface area contributed by atoms with E-state index in [1.165, 1.54) is 12.1 Å². The molecule has 0 saturated heterocycles. The first-order chi connectivity index (χ1) is 9.51. The fraction of sp³-hybridized carbons (Fsp3) is 0.615. The summed E-state index contributed by atoms with van der Waals surface area (Å²) in [4.78, 5) is 14.6. The SMILES string of the molecule is CC1CCC(Oc2nc(NN)ccc2[N+](=O)[O-])CC1C. The molecular weight excluding hydrogens is 260 g/mol. The number of hydrogen-bond acceptors (Lipinski definition) is 6. The van der Waals surface area contributed by atoms with E-state index in [4.69, 9.17) is 10.6 Å². The summed E-state index contributed by atoms with van der Waals surface area (Å²) in [5.41, 5.74) is 2.24. The van der Waals surface area contributed by atoms with Gasteiger partial charge < -0.3 is 10.2 Å². The molecule has 7 heteroatoms. The van der Waals surface area contributed by atoms with Crippen molar-refractivity contribution in [3.05, 3.63) is 22.2 Å². The number of hydrogen-bond donors (Lipinski definition) is 2. The van der Waals surface area contributed by atoms with Crippen LogP contribution in [0.25, 0.3) is 0 Å². The van der Waals surface area contributed by atoms with Crippen molar-refractivity contribution in [2.24, 2.45) is 17.7 Å². The summed E-state index contributed by atoms with van der Waals surface area (Å²) < 4.78 is 5.76. The van der Waals surface area contributed by atoms with E-state index < -0.39 is 4.92 Å². The van der Waals surface area contributed by atoms with Gasteiger partial charge in [-0.1, -0.05) is 13.8 Å². The van der Waals surface area contributed by atoms with Crippen LogP contribution in [0, 0.1) is 22.0 Å². The van der Waals surface area contributed by atoms with E-state index in [2.05, 4.69) is 24.3 Å². The van der Waals surface area contributed by atoms with E-state index in [1.807, 2.05) is 0 Å². The molecule has 0 aliphatic heterocycles. The van der Waals surface area contributed by atoms with Crippen LogP contribution in [0.15, 0.2) is 12.1 Å². The second kappa shape index (κ2) is 6.04. The molecule has 0 spiro atoms. The Hall–Kier alpha value is -1.89. The standard InChI is InChI=1S/C13H20N4O3/c1-8-3-4-10(7-9(8)2)20-13-11(17(18)19)5-6-12(15-13)16-14/h5-6,8-10H,3-4,7,14H2,1-2H3,(H,15,16). The summed E-state index contributed by atoms with van der Waals surface area (Å²) in [6, 6.07) is 2.81. The van der Waals surface area contributed by atoms with E-state index in [1.54, 1.807) is 0 Å². The van der Waals surface area contributed by atoms with E-state index in [0.29, 0.717) is 17.7 Å². The summed E-state index contributed by atoms with van der Waals surface area (Å²) in [6.07, 6.45) is 2.82. The molecule has 1 aliphatic carbocycles. The highest BCUT2D eigenvalue weighted by Crippen LogP contribution is 2.34. The summed E-state index contributed by atoms with van der Waals surface area (Å²) in [6.45, 7) is 4.40. The van der Waals surface area contributed by atoms with Crippen LogP contribution in [-0.4, -0.2) is 16.0 Å². The number of aromatic nitrogens is 1. The van der Waals surface area contributed by atoms with Crippen molar-refractivity contribution in [2.45, 2.75) is 39.2 Å². The van der Waals surface area contributed by atoms with Crippen LogP contribution in [0.3, 0.4) is 0 Å². The Balaban J connectivity index is 2.17. The third-order valence-corrected chi connectivity index (χ3v) is 4.01.